The fourth-order valence-electron chi connectivity index (χ4n) is 3.33. The minimum Gasteiger partial charge on any atom is -0.478 e. The van der Waals surface area contributed by atoms with E-state index in [1.807, 2.05) is 0 Å². The minimum atomic E-state index is -4.50. The van der Waals surface area contributed by atoms with Crippen molar-refractivity contribution in [2.45, 2.75) is 18.1 Å². The van der Waals surface area contributed by atoms with Crippen molar-refractivity contribution in [3.63, 3.8) is 0 Å². The molecule has 0 amide bonds. The smallest absolute Gasteiger partial charge is 0.422 e. The lowest BCUT2D eigenvalue weighted by Crippen LogP contribution is -2.25. The van der Waals surface area contributed by atoms with Gasteiger partial charge in [-0.25, -0.2) is 4.98 Å². The first-order valence-electron chi connectivity index (χ1n) is 8.24. The lowest BCUT2D eigenvalue weighted by Gasteiger charge is -2.12. The van der Waals surface area contributed by atoms with Crippen molar-refractivity contribution in [2.24, 2.45) is 5.92 Å². The molecule has 5 rings (SSSR count). The Morgan fingerprint density at radius 3 is 3.00 bits per heavy atom. The second-order valence-electron chi connectivity index (χ2n) is 6.71. The fraction of sp³-hybridized carbons (Fsp3) is 0.467. The summed E-state index contributed by atoms with van der Waals surface area (Å²) in [5.74, 6) is 0.597. The van der Waals surface area contributed by atoms with Gasteiger partial charge in [-0.1, -0.05) is 0 Å². The Hall–Kier alpha value is -2.89. The second kappa shape index (κ2) is 5.55. The number of aromatic nitrogens is 6. The SMILES string of the molecule is FC(F)(F)COc1c(-c2cn[nH]c2)ncn2nc(N[C@@]34COC[C@@H]3C4)nc12. The summed E-state index contributed by atoms with van der Waals surface area (Å²) in [6.45, 7) is -0.218. The lowest BCUT2D eigenvalue weighted by atomic mass is 10.2. The number of hydrogen-bond acceptors (Lipinski definition) is 7. The van der Waals surface area contributed by atoms with Crippen molar-refractivity contribution in [1.82, 2.24) is 29.8 Å². The predicted molar refractivity (Wildman–Crippen MR) is 85.2 cm³/mol. The Balaban J connectivity index is 1.54. The summed E-state index contributed by atoms with van der Waals surface area (Å²) in [7, 11) is 0. The number of H-pyrrole nitrogens is 1. The van der Waals surface area contributed by atoms with Gasteiger partial charge in [0.1, 0.15) is 12.0 Å². The van der Waals surface area contributed by atoms with E-state index in [2.05, 4.69) is 30.6 Å². The molecule has 1 aliphatic heterocycles. The van der Waals surface area contributed by atoms with Gasteiger partial charge in [0, 0.05) is 17.7 Å². The van der Waals surface area contributed by atoms with Crippen molar-refractivity contribution >= 4 is 11.6 Å². The standard InChI is InChI=1S/C15H14F3N7O2/c16-15(17,18)6-27-11-10(8-2-20-21-3-8)19-7-25-12(11)22-13(24-25)23-14-1-9(14)4-26-5-14/h2-3,7,9H,1,4-6H2,(H,20,21)(H,23,24)/t9-,14-/m0/s1. The zero-order valence-corrected chi connectivity index (χ0v) is 13.8. The van der Waals surface area contributed by atoms with E-state index in [0.29, 0.717) is 30.6 Å². The van der Waals surface area contributed by atoms with E-state index in [9.17, 15) is 13.2 Å². The summed E-state index contributed by atoms with van der Waals surface area (Å²) in [5, 5.41) is 13.9. The summed E-state index contributed by atoms with van der Waals surface area (Å²) < 4.78 is 49.9. The molecular formula is C15H14F3N7O2. The normalized spacial score (nSPS) is 24.2. The maximum absolute atomic E-state index is 12.7. The van der Waals surface area contributed by atoms with Crippen LogP contribution in [0.15, 0.2) is 18.7 Å². The van der Waals surface area contributed by atoms with E-state index in [0.717, 1.165) is 6.42 Å². The highest BCUT2D eigenvalue weighted by Crippen LogP contribution is 2.50. The van der Waals surface area contributed by atoms with Gasteiger partial charge < -0.3 is 14.8 Å². The van der Waals surface area contributed by atoms with Gasteiger partial charge in [0.2, 0.25) is 11.6 Å². The zero-order valence-electron chi connectivity index (χ0n) is 13.8. The number of rotatable bonds is 5. The molecule has 0 spiro atoms. The fourth-order valence-corrected chi connectivity index (χ4v) is 3.33. The molecule has 0 radical (unpaired) electrons. The van der Waals surface area contributed by atoms with Crippen LogP contribution in [0.2, 0.25) is 0 Å². The molecule has 2 aliphatic rings. The number of nitrogens with zero attached hydrogens (tertiary/aromatic N) is 5. The third-order valence-corrected chi connectivity index (χ3v) is 4.77. The van der Waals surface area contributed by atoms with Gasteiger partial charge in [-0.3, -0.25) is 5.10 Å². The number of fused-ring (bicyclic) bond motifs is 2. The van der Waals surface area contributed by atoms with Crippen molar-refractivity contribution < 1.29 is 22.6 Å². The van der Waals surface area contributed by atoms with Crippen molar-refractivity contribution in [3.8, 4) is 17.0 Å². The Morgan fingerprint density at radius 2 is 2.33 bits per heavy atom. The van der Waals surface area contributed by atoms with E-state index in [1.54, 1.807) is 0 Å². The van der Waals surface area contributed by atoms with Crippen LogP contribution in [0.1, 0.15) is 6.42 Å². The van der Waals surface area contributed by atoms with Gasteiger partial charge in [0.15, 0.2) is 12.4 Å². The van der Waals surface area contributed by atoms with Gasteiger partial charge in [-0.15, -0.1) is 5.10 Å². The van der Waals surface area contributed by atoms with E-state index in [4.69, 9.17) is 9.47 Å². The van der Waals surface area contributed by atoms with Gasteiger partial charge >= 0.3 is 6.18 Å². The molecular weight excluding hydrogens is 367 g/mol. The molecule has 1 aliphatic carbocycles. The molecule has 1 saturated carbocycles. The summed E-state index contributed by atoms with van der Waals surface area (Å²) >= 11 is 0. The van der Waals surface area contributed by atoms with Crippen LogP contribution in [0.5, 0.6) is 5.75 Å². The molecule has 9 nitrogen and oxygen atoms in total. The molecule has 3 aromatic heterocycles. The number of ether oxygens (including phenoxy) is 2. The van der Waals surface area contributed by atoms with Crippen LogP contribution in [0, 0.1) is 5.92 Å². The topological polar surface area (TPSA) is 102 Å². The van der Waals surface area contributed by atoms with E-state index < -0.39 is 12.8 Å². The molecule has 142 valence electrons. The van der Waals surface area contributed by atoms with Crippen molar-refractivity contribution in [1.29, 1.82) is 0 Å². The number of anilines is 1. The van der Waals surface area contributed by atoms with E-state index >= 15 is 0 Å². The van der Waals surface area contributed by atoms with Gasteiger partial charge in [-0.2, -0.15) is 27.8 Å². The molecule has 3 aromatic rings. The Kier molecular flexibility index (Phi) is 3.35. The van der Waals surface area contributed by atoms with E-state index in [1.165, 1.54) is 23.2 Å². The first-order chi connectivity index (χ1) is 12.9. The minimum absolute atomic E-state index is 0.107. The second-order valence-corrected chi connectivity index (χ2v) is 6.71. The molecule has 2 fully saturated rings. The average molecular weight is 381 g/mol. The highest BCUT2D eigenvalue weighted by Gasteiger charge is 2.59. The maximum Gasteiger partial charge on any atom is 0.422 e. The summed E-state index contributed by atoms with van der Waals surface area (Å²) in [5.41, 5.74) is 0.641. The van der Waals surface area contributed by atoms with E-state index in [-0.39, 0.29) is 22.6 Å². The number of alkyl halides is 3. The summed E-state index contributed by atoms with van der Waals surface area (Å²) in [6, 6.07) is 0. The first kappa shape index (κ1) is 16.3. The van der Waals surface area contributed by atoms with Crippen molar-refractivity contribution in [3.05, 3.63) is 18.7 Å². The molecule has 0 aromatic carbocycles. The Labute approximate surface area is 149 Å². The molecule has 12 heteroatoms. The number of nitrogens with one attached hydrogen (secondary N) is 2. The first-order valence-corrected chi connectivity index (χ1v) is 8.24. The predicted octanol–water partition coefficient (Wildman–Crippen LogP) is 1.66. The monoisotopic (exact) mass is 381 g/mol. The van der Waals surface area contributed by atoms with Gasteiger partial charge in [0.05, 0.1) is 24.9 Å². The third-order valence-electron chi connectivity index (χ3n) is 4.77. The maximum atomic E-state index is 12.7. The lowest BCUT2D eigenvalue weighted by molar-refractivity contribution is -0.153. The molecule has 0 bridgehead atoms. The number of halogens is 3. The Bertz CT molecular complexity index is 987. The van der Waals surface area contributed by atoms with Crippen molar-refractivity contribution in [2.75, 3.05) is 25.1 Å². The van der Waals surface area contributed by atoms with Crippen LogP contribution >= 0.6 is 0 Å². The molecule has 1 saturated heterocycles. The van der Waals surface area contributed by atoms with Gasteiger partial charge in [0.25, 0.3) is 0 Å². The average Bonchev–Trinajstić information content (AvgIpc) is 3.08. The molecule has 4 heterocycles. The van der Waals surface area contributed by atoms with Crippen LogP contribution in [0.3, 0.4) is 0 Å². The summed E-state index contributed by atoms with van der Waals surface area (Å²) in [4.78, 5) is 8.52. The molecule has 2 N–H and O–H groups in total. The number of aromatic amines is 1. The molecule has 0 unspecified atom stereocenters. The van der Waals surface area contributed by atoms with Gasteiger partial charge in [-0.05, 0) is 6.42 Å². The molecule has 27 heavy (non-hydrogen) atoms. The summed E-state index contributed by atoms with van der Waals surface area (Å²) in [6.07, 6.45) is 0.793. The van der Waals surface area contributed by atoms with Crippen LogP contribution in [0.25, 0.3) is 16.9 Å². The largest absolute Gasteiger partial charge is 0.478 e. The quantitative estimate of drug-likeness (QED) is 0.693. The van der Waals surface area contributed by atoms with Crippen LogP contribution in [0.4, 0.5) is 19.1 Å². The third kappa shape index (κ3) is 2.85. The molecule has 2 atom stereocenters. The Morgan fingerprint density at radius 1 is 1.44 bits per heavy atom. The van der Waals surface area contributed by atoms with Crippen LogP contribution in [-0.4, -0.2) is 61.3 Å². The highest BCUT2D eigenvalue weighted by molar-refractivity contribution is 5.74. The van der Waals surface area contributed by atoms with Crippen LogP contribution in [-0.2, 0) is 4.74 Å². The zero-order chi connectivity index (χ0) is 18.6. The highest BCUT2D eigenvalue weighted by atomic mass is 19.4. The van der Waals surface area contributed by atoms with Crippen LogP contribution < -0.4 is 10.1 Å². The number of hydrogen-bond donors (Lipinski definition) is 2.